The first-order chi connectivity index (χ1) is 10.9. The minimum atomic E-state index is -1.13. The van der Waals surface area contributed by atoms with Crippen molar-refractivity contribution in [1.82, 2.24) is 5.32 Å². The molecule has 8 heteroatoms. The fourth-order valence-electron chi connectivity index (χ4n) is 1.77. The van der Waals surface area contributed by atoms with E-state index in [0.29, 0.717) is 0 Å². The molecule has 0 aliphatic rings. The normalized spacial score (nSPS) is 10.0. The van der Waals surface area contributed by atoms with E-state index >= 15 is 0 Å². The topological polar surface area (TPSA) is 78.4 Å². The molecule has 2 aromatic carbocycles. The number of benzene rings is 2. The van der Waals surface area contributed by atoms with Gasteiger partial charge in [0.05, 0.1) is 16.8 Å². The largest absolute Gasteiger partial charge is 0.478 e. The molecule has 0 saturated carbocycles. The number of rotatable bonds is 3. The molecule has 1 amide bonds. The summed E-state index contributed by atoms with van der Waals surface area (Å²) in [6.07, 6.45) is 0. The average molecular weight is 444 g/mol. The summed E-state index contributed by atoms with van der Waals surface area (Å²) in [5, 5.41) is 14.0. The Hall–Kier alpha value is -2.07. The van der Waals surface area contributed by atoms with E-state index in [2.05, 4.69) is 10.6 Å². The van der Waals surface area contributed by atoms with E-state index < -0.39 is 17.7 Å². The Bertz CT molecular complexity index is 798. The molecule has 0 spiro atoms. The molecule has 5 nitrogen and oxygen atoms in total. The van der Waals surface area contributed by atoms with Crippen LogP contribution in [-0.2, 0) is 0 Å². The lowest BCUT2D eigenvalue weighted by Crippen LogP contribution is -2.35. The number of hydrogen-bond donors (Lipinski definition) is 3. The monoisotopic (exact) mass is 444 g/mol. The van der Waals surface area contributed by atoms with Gasteiger partial charge in [-0.05, 0) is 65.1 Å². The molecular weight excluding hydrogens is 434 g/mol. The molecule has 118 valence electrons. The van der Waals surface area contributed by atoms with Gasteiger partial charge in [0.15, 0.2) is 5.11 Å². The maximum Gasteiger partial charge on any atom is 0.337 e. The Kier molecular flexibility index (Phi) is 5.61. The van der Waals surface area contributed by atoms with Crippen molar-refractivity contribution < 1.29 is 19.1 Å². The number of hydrogen-bond acceptors (Lipinski definition) is 3. The Morgan fingerprint density at radius 1 is 1.13 bits per heavy atom. The number of halogens is 2. The highest BCUT2D eigenvalue weighted by Gasteiger charge is 2.15. The van der Waals surface area contributed by atoms with E-state index in [1.54, 1.807) is 6.07 Å². The first-order valence-corrected chi connectivity index (χ1v) is 7.77. The van der Waals surface area contributed by atoms with Crippen LogP contribution in [0.4, 0.5) is 10.1 Å². The second kappa shape index (κ2) is 7.47. The second-order valence-electron chi connectivity index (χ2n) is 4.38. The summed E-state index contributed by atoms with van der Waals surface area (Å²) in [6, 6.07) is 10.2. The summed E-state index contributed by atoms with van der Waals surface area (Å²) in [5.74, 6) is -2.52. The Morgan fingerprint density at radius 3 is 2.48 bits per heavy atom. The number of carbonyl (C=O) groups is 2. The third kappa shape index (κ3) is 4.45. The van der Waals surface area contributed by atoms with Crippen LogP contribution in [0.1, 0.15) is 20.7 Å². The molecule has 0 radical (unpaired) electrons. The van der Waals surface area contributed by atoms with Crippen molar-refractivity contribution in [2.75, 3.05) is 5.32 Å². The van der Waals surface area contributed by atoms with Gasteiger partial charge in [0.25, 0.3) is 5.91 Å². The first kappa shape index (κ1) is 17.3. The summed E-state index contributed by atoms with van der Waals surface area (Å²) in [4.78, 5) is 23.2. The average Bonchev–Trinajstić information content (AvgIpc) is 2.49. The molecule has 2 rings (SSSR count). The summed E-state index contributed by atoms with van der Waals surface area (Å²) in [6.45, 7) is 0. The lowest BCUT2D eigenvalue weighted by atomic mass is 10.2. The third-order valence-electron chi connectivity index (χ3n) is 2.81. The van der Waals surface area contributed by atoms with Crippen LogP contribution in [0, 0.1) is 9.39 Å². The van der Waals surface area contributed by atoms with Crippen LogP contribution < -0.4 is 10.6 Å². The minimum Gasteiger partial charge on any atom is -0.478 e. The lowest BCUT2D eigenvalue weighted by Gasteiger charge is -2.12. The Balaban J connectivity index is 2.13. The maximum absolute atomic E-state index is 13.5. The van der Waals surface area contributed by atoms with Gasteiger partial charge in [-0.1, -0.05) is 12.1 Å². The molecule has 0 saturated heterocycles. The lowest BCUT2D eigenvalue weighted by molar-refractivity contribution is 0.0697. The van der Waals surface area contributed by atoms with Crippen LogP contribution in [0.2, 0.25) is 0 Å². The molecule has 0 bridgehead atoms. The number of carboxylic acids is 1. The predicted molar refractivity (Wildman–Crippen MR) is 96.2 cm³/mol. The van der Waals surface area contributed by atoms with Gasteiger partial charge in [0.1, 0.15) is 5.82 Å². The van der Waals surface area contributed by atoms with Gasteiger partial charge in [-0.2, -0.15) is 0 Å². The molecule has 0 heterocycles. The number of carbonyl (C=O) groups excluding carboxylic acids is 1. The molecule has 23 heavy (non-hydrogen) atoms. The van der Waals surface area contributed by atoms with Crippen molar-refractivity contribution in [3.05, 3.63) is 63.0 Å². The number of amides is 1. The molecule has 0 aromatic heterocycles. The van der Waals surface area contributed by atoms with Crippen LogP contribution >= 0.6 is 34.8 Å². The zero-order valence-electron chi connectivity index (χ0n) is 11.5. The highest BCUT2D eigenvalue weighted by atomic mass is 127. The summed E-state index contributed by atoms with van der Waals surface area (Å²) in [7, 11) is 0. The number of aromatic carboxylic acids is 1. The summed E-state index contributed by atoms with van der Waals surface area (Å²) < 4.78 is 14.3. The minimum absolute atomic E-state index is 0.0133. The molecule has 0 fully saturated rings. The predicted octanol–water partition coefficient (Wildman–Crippen LogP) is 3.26. The van der Waals surface area contributed by atoms with Crippen molar-refractivity contribution >= 4 is 57.5 Å². The molecule has 0 unspecified atom stereocenters. The molecule has 0 atom stereocenters. The van der Waals surface area contributed by atoms with Crippen LogP contribution in [-0.4, -0.2) is 22.1 Å². The fourth-order valence-corrected chi connectivity index (χ4v) is 2.47. The van der Waals surface area contributed by atoms with E-state index in [9.17, 15) is 19.1 Å². The summed E-state index contributed by atoms with van der Waals surface area (Å²) in [5.41, 5.74) is 0.0915. The number of carboxylic acid groups (broad SMARTS) is 1. The van der Waals surface area contributed by atoms with Gasteiger partial charge in [0.2, 0.25) is 0 Å². The molecule has 3 N–H and O–H groups in total. The smallest absolute Gasteiger partial charge is 0.337 e. The Labute approximate surface area is 150 Å². The quantitative estimate of drug-likeness (QED) is 0.501. The first-order valence-electron chi connectivity index (χ1n) is 6.28. The van der Waals surface area contributed by atoms with E-state index in [-0.39, 0.29) is 21.9 Å². The Morgan fingerprint density at radius 2 is 1.83 bits per heavy atom. The van der Waals surface area contributed by atoms with Gasteiger partial charge >= 0.3 is 5.97 Å². The van der Waals surface area contributed by atoms with E-state index in [1.807, 2.05) is 22.6 Å². The zero-order valence-corrected chi connectivity index (χ0v) is 14.4. The van der Waals surface area contributed by atoms with Crippen molar-refractivity contribution in [3.63, 3.8) is 0 Å². The molecule has 2 aromatic rings. The van der Waals surface area contributed by atoms with Crippen molar-refractivity contribution in [2.45, 2.75) is 0 Å². The van der Waals surface area contributed by atoms with Gasteiger partial charge in [-0.3, -0.25) is 10.1 Å². The molecule has 0 aliphatic heterocycles. The SMILES string of the molecule is O=C(NC(=S)Nc1ccc(I)cc1C(=O)O)c1ccccc1F. The fraction of sp³-hybridized carbons (Fsp3) is 0. The van der Waals surface area contributed by atoms with Crippen molar-refractivity contribution in [1.29, 1.82) is 0 Å². The molecule has 0 aliphatic carbocycles. The highest BCUT2D eigenvalue weighted by molar-refractivity contribution is 14.1. The maximum atomic E-state index is 13.5. The van der Waals surface area contributed by atoms with E-state index in [4.69, 9.17) is 12.2 Å². The van der Waals surface area contributed by atoms with Crippen molar-refractivity contribution in [2.24, 2.45) is 0 Å². The van der Waals surface area contributed by atoms with E-state index in [0.717, 1.165) is 9.64 Å². The number of nitrogens with one attached hydrogen (secondary N) is 2. The van der Waals surface area contributed by atoms with E-state index in [1.165, 1.54) is 30.3 Å². The van der Waals surface area contributed by atoms with Gasteiger partial charge < -0.3 is 10.4 Å². The summed E-state index contributed by atoms with van der Waals surface area (Å²) >= 11 is 6.96. The highest BCUT2D eigenvalue weighted by Crippen LogP contribution is 2.19. The van der Waals surface area contributed by atoms with Crippen LogP contribution in [0.3, 0.4) is 0 Å². The van der Waals surface area contributed by atoms with Gasteiger partial charge in [0, 0.05) is 3.57 Å². The van der Waals surface area contributed by atoms with Crippen molar-refractivity contribution in [3.8, 4) is 0 Å². The third-order valence-corrected chi connectivity index (χ3v) is 3.68. The van der Waals surface area contributed by atoms with Gasteiger partial charge in [-0.15, -0.1) is 0 Å². The number of anilines is 1. The van der Waals surface area contributed by atoms with Crippen LogP contribution in [0.15, 0.2) is 42.5 Å². The number of thiocarbonyl (C=S) groups is 1. The van der Waals surface area contributed by atoms with Crippen LogP contribution in [0.25, 0.3) is 0 Å². The standard InChI is InChI=1S/C15H10FIN2O3S/c16-11-4-2-1-3-9(11)13(20)19-15(23)18-12-6-5-8(17)7-10(12)14(21)22/h1-7H,(H,21,22)(H2,18,19,20,23). The zero-order chi connectivity index (χ0) is 17.0. The second-order valence-corrected chi connectivity index (χ2v) is 6.04. The van der Waals surface area contributed by atoms with Crippen LogP contribution in [0.5, 0.6) is 0 Å². The molecular formula is C15H10FIN2O3S. The van der Waals surface area contributed by atoms with Gasteiger partial charge in [-0.25, -0.2) is 9.18 Å².